The third kappa shape index (κ3) is 2.80. The summed E-state index contributed by atoms with van der Waals surface area (Å²) in [5.74, 6) is 0.925. The lowest BCUT2D eigenvalue weighted by Gasteiger charge is -1.99. The Morgan fingerprint density at radius 2 is 1.35 bits per heavy atom. The molecule has 0 aromatic carbocycles. The zero-order chi connectivity index (χ0) is 18.1. The van der Waals surface area contributed by atoms with Crippen LogP contribution < -0.4 is 10.6 Å². The topological polar surface area (TPSA) is 93.2 Å². The number of hydrogen-bond acceptors (Lipinski definition) is 9. The SMILES string of the molecule is CNc1nc(-c2ccco2)c(C(=O)c2sc(NC)nc2-c2ccco2)s1. The molecule has 0 unspecified atom stereocenters. The van der Waals surface area contributed by atoms with Gasteiger partial charge in [0.25, 0.3) is 0 Å². The van der Waals surface area contributed by atoms with Crippen molar-refractivity contribution >= 4 is 38.7 Å². The Kier molecular flexibility index (Phi) is 4.31. The van der Waals surface area contributed by atoms with Gasteiger partial charge in [0.05, 0.1) is 12.5 Å². The molecule has 0 amide bonds. The van der Waals surface area contributed by atoms with E-state index in [0.29, 0.717) is 42.9 Å². The van der Waals surface area contributed by atoms with Crippen LogP contribution in [0.5, 0.6) is 0 Å². The number of nitrogens with zero attached hydrogens (tertiary/aromatic N) is 2. The Labute approximate surface area is 156 Å². The summed E-state index contributed by atoms with van der Waals surface area (Å²) in [5.41, 5.74) is 1.03. The van der Waals surface area contributed by atoms with Crippen LogP contribution in [-0.2, 0) is 0 Å². The van der Waals surface area contributed by atoms with Crippen molar-refractivity contribution in [2.45, 2.75) is 0 Å². The highest BCUT2D eigenvalue weighted by Crippen LogP contribution is 2.38. The van der Waals surface area contributed by atoms with E-state index in [0.717, 1.165) is 0 Å². The molecule has 0 atom stereocenters. The van der Waals surface area contributed by atoms with Crippen LogP contribution in [0.15, 0.2) is 45.6 Å². The van der Waals surface area contributed by atoms with E-state index >= 15 is 0 Å². The van der Waals surface area contributed by atoms with Gasteiger partial charge in [0, 0.05) is 14.1 Å². The van der Waals surface area contributed by atoms with E-state index in [1.54, 1.807) is 50.9 Å². The monoisotopic (exact) mass is 386 g/mol. The Morgan fingerprint density at radius 1 is 0.885 bits per heavy atom. The molecule has 26 heavy (non-hydrogen) atoms. The maximum Gasteiger partial charge on any atom is 0.217 e. The molecule has 9 heteroatoms. The summed E-state index contributed by atoms with van der Waals surface area (Å²) >= 11 is 2.56. The van der Waals surface area contributed by atoms with Crippen molar-refractivity contribution < 1.29 is 13.6 Å². The second-order valence-corrected chi connectivity index (χ2v) is 7.18. The van der Waals surface area contributed by atoms with E-state index in [4.69, 9.17) is 8.83 Å². The van der Waals surface area contributed by atoms with Crippen LogP contribution in [-0.4, -0.2) is 29.8 Å². The predicted molar refractivity (Wildman–Crippen MR) is 102 cm³/mol. The van der Waals surface area contributed by atoms with Crippen LogP contribution in [0.4, 0.5) is 10.3 Å². The fourth-order valence-electron chi connectivity index (χ4n) is 2.43. The number of nitrogens with one attached hydrogen (secondary N) is 2. The number of furan rings is 2. The number of thiazole rings is 2. The lowest BCUT2D eigenvalue weighted by Crippen LogP contribution is -2.00. The number of anilines is 2. The lowest BCUT2D eigenvalue weighted by atomic mass is 10.1. The molecular formula is C17H14N4O3S2. The molecule has 7 nitrogen and oxygen atoms in total. The number of carbonyl (C=O) groups excluding carboxylic acids is 1. The van der Waals surface area contributed by atoms with Crippen molar-refractivity contribution in [3.63, 3.8) is 0 Å². The van der Waals surface area contributed by atoms with E-state index in [2.05, 4.69) is 20.6 Å². The number of rotatable bonds is 6. The van der Waals surface area contributed by atoms with Crippen LogP contribution in [0.3, 0.4) is 0 Å². The van der Waals surface area contributed by atoms with Gasteiger partial charge in [-0.05, 0) is 24.3 Å². The third-order valence-corrected chi connectivity index (χ3v) is 5.75. The van der Waals surface area contributed by atoms with Crippen LogP contribution in [0.25, 0.3) is 22.9 Å². The molecule has 0 spiro atoms. The Morgan fingerprint density at radius 3 is 1.69 bits per heavy atom. The molecule has 2 N–H and O–H groups in total. The molecule has 0 radical (unpaired) electrons. The van der Waals surface area contributed by atoms with Gasteiger partial charge in [-0.2, -0.15) is 0 Å². The van der Waals surface area contributed by atoms with E-state index in [1.807, 2.05) is 0 Å². The molecular weight excluding hydrogens is 372 g/mol. The van der Waals surface area contributed by atoms with Crippen LogP contribution >= 0.6 is 22.7 Å². The highest BCUT2D eigenvalue weighted by molar-refractivity contribution is 7.21. The zero-order valence-corrected chi connectivity index (χ0v) is 15.5. The van der Waals surface area contributed by atoms with Gasteiger partial charge in [0.15, 0.2) is 21.8 Å². The standard InChI is InChI=1S/C17H14N4O3S2/c1-18-16-20-11(9-5-3-7-23-9)14(25-16)13(22)15-12(10-6-4-8-24-10)21-17(19-2)26-15/h3-8H,1-2H3,(H,18,20)(H,19,21). The number of carbonyl (C=O) groups is 1. The van der Waals surface area contributed by atoms with Crippen molar-refractivity contribution in [2.75, 3.05) is 24.7 Å². The quantitative estimate of drug-likeness (QED) is 0.473. The molecule has 132 valence electrons. The fraction of sp³-hybridized carbons (Fsp3) is 0.118. The largest absolute Gasteiger partial charge is 0.463 e. The van der Waals surface area contributed by atoms with Crippen molar-refractivity contribution in [1.82, 2.24) is 9.97 Å². The van der Waals surface area contributed by atoms with Gasteiger partial charge in [-0.15, -0.1) is 0 Å². The highest BCUT2D eigenvalue weighted by Gasteiger charge is 2.28. The molecule has 0 aliphatic rings. The second-order valence-electron chi connectivity index (χ2n) is 5.18. The molecule has 0 fully saturated rings. The number of aromatic nitrogens is 2. The number of hydrogen-bond donors (Lipinski definition) is 2. The highest BCUT2D eigenvalue weighted by atomic mass is 32.1. The van der Waals surface area contributed by atoms with E-state index in [1.165, 1.54) is 22.7 Å². The Hall–Kier alpha value is -2.91. The van der Waals surface area contributed by atoms with Gasteiger partial charge >= 0.3 is 0 Å². The number of ketones is 1. The first kappa shape index (κ1) is 16.6. The van der Waals surface area contributed by atoms with Gasteiger partial charge < -0.3 is 19.5 Å². The first-order valence-electron chi connectivity index (χ1n) is 7.71. The fourth-order valence-corrected chi connectivity index (χ4v) is 4.23. The minimum atomic E-state index is -0.166. The second kappa shape index (κ2) is 6.77. The van der Waals surface area contributed by atoms with Gasteiger partial charge in [0.2, 0.25) is 5.78 Å². The predicted octanol–water partition coefficient (Wildman–Crippen LogP) is 4.43. The molecule has 0 aliphatic carbocycles. The van der Waals surface area contributed by atoms with E-state index in [9.17, 15) is 4.79 Å². The molecule has 0 aliphatic heterocycles. The average Bonchev–Trinajstić information content (AvgIpc) is 3.46. The van der Waals surface area contributed by atoms with Gasteiger partial charge in [-0.3, -0.25) is 4.79 Å². The molecule has 4 heterocycles. The lowest BCUT2D eigenvalue weighted by molar-refractivity contribution is 0.104. The maximum absolute atomic E-state index is 13.3. The molecule has 4 rings (SSSR count). The van der Waals surface area contributed by atoms with Crippen molar-refractivity contribution in [1.29, 1.82) is 0 Å². The van der Waals surface area contributed by atoms with E-state index < -0.39 is 0 Å². The molecule has 0 saturated carbocycles. The minimum absolute atomic E-state index is 0.166. The summed E-state index contributed by atoms with van der Waals surface area (Å²) in [4.78, 5) is 23.3. The molecule has 0 bridgehead atoms. The van der Waals surface area contributed by atoms with Crippen LogP contribution in [0, 0.1) is 0 Å². The zero-order valence-electron chi connectivity index (χ0n) is 13.9. The van der Waals surface area contributed by atoms with Gasteiger partial charge in [-0.25, -0.2) is 9.97 Å². The first-order chi connectivity index (χ1) is 12.7. The Bertz CT molecular complexity index is 950. The third-order valence-electron chi connectivity index (χ3n) is 3.60. The maximum atomic E-state index is 13.3. The van der Waals surface area contributed by atoms with Gasteiger partial charge in [-0.1, -0.05) is 22.7 Å². The molecule has 4 aromatic heterocycles. The summed E-state index contributed by atoms with van der Waals surface area (Å²) < 4.78 is 10.9. The molecule has 4 aromatic rings. The summed E-state index contributed by atoms with van der Waals surface area (Å²) in [6.45, 7) is 0. The van der Waals surface area contributed by atoms with Gasteiger partial charge in [0.1, 0.15) is 21.1 Å². The molecule has 0 saturated heterocycles. The Balaban J connectivity index is 1.85. The van der Waals surface area contributed by atoms with E-state index in [-0.39, 0.29) is 5.78 Å². The van der Waals surface area contributed by atoms with Crippen LogP contribution in [0.1, 0.15) is 14.5 Å². The van der Waals surface area contributed by atoms with Crippen molar-refractivity contribution in [3.05, 3.63) is 46.5 Å². The van der Waals surface area contributed by atoms with Crippen molar-refractivity contribution in [2.24, 2.45) is 0 Å². The smallest absolute Gasteiger partial charge is 0.217 e. The first-order valence-corrected chi connectivity index (χ1v) is 9.34. The summed E-state index contributed by atoms with van der Waals surface area (Å²) in [6, 6.07) is 7.10. The van der Waals surface area contributed by atoms with Crippen LogP contribution in [0.2, 0.25) is 0 Å². The summed E-state index contributed by atoms with van der Waals surface area (Å²) in [6.07, 6.45) is 3.12. The summed E-state index contributed by atoms with van der Waals surface area (Å²) in [5, 5.41) is 7.24. The minimum Gasteiger partial charge on any atom is -0.463 e. The van der Waals surface area contributed by atoms with Crippen molar-refractivity contribution in [3.8, 4) is 22.9 Å². The average molecular weight is 386 g/mol. The normalized spacial score (nSPS) is 10.8. The summed E-state index contributed by atoms with van der Waals surface area (Å²) in [7, 11) is 3.53.